The molecule has 3 N–H and O–H groups in total. The summed E-state index contributed by atoms with van der Waals surface area (Å²) in [5, 5.41) is 2.93. The number of carbonyl (C=O) groups is 3. The summed E-state index contributed by atoms with van der Waals surface area (Å²) in [6, 6.07) is 3.60. The molecule has 1 aliphatic heterocycles. The standard InChI is InChI=1S/C23H35N3O7S/c1-16-10-12-17(13-11-16)34(30,31)26(22(29)33-23(2,3)4)19(9-5-6-14-24)21(28)32-20(27)18-8-7-15-25-18/h10-13,18-19,25H,5-9,14-15,24H2,1-4H3/t18-,19-/m0/s1. The third-order valence-corrected chi connectivity index (χ3v) is 6.97. The van der Waals surface area contributed by atoms with Crippen molar-refractivity contribution in [2.45, 2.75) is 82.4 Å². The van der Waals surface area contributed by atoms with Gasteiger partial charge in [-0.15, -0.1) is 0 Å². The Kier molecular flexibility index (Phi) is 9.60. The maximum absolute atomic E-state index is 13.6. The Morgan fingerprint density at radius 3 is 2.35 bits per heavy atom. The van der Waals surface area contributed by atoms with Gasteiger partial charge in [-0.3, -0.25) is 0 Å². The smallest absolute Gasteiger partial charge is 0.425 e. The highest BCUT2D eigenvalue weighted by Crippen LogP contribution is 2.25. The van der Waals surface area contributed by atoms with Crippen molar-refractivity contribution >= 4 is 28.1 Å². The topological polar surface area (TPSA) is 145 Å². The zero-order chi connectivity index (χ0) is 25.5. The number of carbonyl (C=O) groups excluding carboxylic acids is 3. The predicted octanol–water partition coefficient (Wildman–Crippen LogP) is 2.24. The van der Waals surface area contributed by atoms with E-state index in [-0.39, 0.29) is 11.3 Å². The number of ether oxygens (including phenoxy) is 2. The number of amides is 1. The Balaban J connectivity index is 2.47. The molecule has 1 aliphatic rings. The van der Waals surface area contributed by atoms with Crippen molar-refractivity contribution in [3.05, 3.63) is 29.8 Å². The quantitative estimate of drug-likeness (QED) is 0.298. The van der Waals surface area contributed by atoms with E-state index in [1.807, 2.05) is 0 Å². The van der Waals surface area contributed by atoms with Crippen LogP contribution in [0.1, 0.15) is 58.4 Å². The lowest BCUT2D eigenvalue weighted by Crippen LogP contribution is -2.51. The Hall–Kier alpha value is -2.50. The monoisotopic (exact) mass is 497 g/mol. The van der Waals surface area contributed by atoms with E-state index in [9.17, 15) is 22.8 Å². The molecule has 0 unspecified atom stereocenters. The second-order valence-electron chi connectivity index (χ2n) is 9.28. The highest BCUT2D eigenvalue weighted by molar-refractivity contribution is 7.89. The van der Waals surface area contributed by atoms with Crippen molar-refractivity contribution in [1.82, 2.24) is 9.62 Å². The van der Waals surface area contributed by atoms with Gasteiger partial charge in [-0.2, -0.15) is 4.31 Å². The summed E-state index contributed by atoms with van der Waals surface area (Å²) in [6.07, 6.45) is 0.755. The van der Waals surface area contributed by atoms with Gasteiger partial charge in [0.1, 0.15) is 17.7 Å². The number of sulfonamides is 1. The lowest BCUT2D eigenvalue weighted by atomic mass is 10.1. The molecule has 2 atom stereocenters. The first kappa shape index (κ1) is 27.7. The molecule has 1 heterocycles. The highest BCUT2D eigenvalue weighted by atomic mass is 32.2. The maximum atomic E-state index is 13.6. The maximum Gasteiger partial charge on any atom is 0.425 e. The van der Waals surface area contributed by atoms with Crippen molar-refractivity contribution in [3.63, 3.8) is 0 Å². The van der Waals surface area contributed by atoms with Crippen LogP contribution >= 0.6 is 0 Å². The first-order chi connectivity index (χ1) is 15.9. The number of esters is 2. The molecule has 1 aromatic carbocycles. The number of nitrogens with zero attached hydrogens (tertiary/aromatic N) is 1. The van der Waals surface area contributed by atoms with Crippen LogP contribution in [-0.2, 0) is 29.1 Å². The fraction of sp³-hybridized carbons (Fsp3) is 0.609. The molecule has 0 aromatic heterocycles. The minimum Gasteiger partial charge on any atom is -0.443 e. The van der Waals surface area contributed by atoms with Crippen LogP contribution in [0.4, 0.5) is 4.79 Å². The summed E-state index contributed by atoms with van der Waals surface area (Å²) >= 11 is 0. The van der Waals surface area contributed by atoms with Gasteiger partial charge in [0.15, 0.2) is 0 Å². The number of hydrogen-bond donors (Lipinski definition) is 2. The van der Waals surface area contributed by atoms with Gasteiger partial charge in [-0.25, -0.2) is 22.8 Å². The summed E-state index contributed by atoms with van der Waals surface area (Å²) in [5.41, 5.74) is 5.34. The van der Waals surface area contributed by atoms with Gasteiger partial charge < -0.3 is 20.5 Å². The van der Waals surface area contributed by atoms with E-state index >= 15 is 0 Å². The summed E-state index contributed by atoms with van der Waals surface area (Å²) < 4.78 is 38.0. The van der Waals surface area contributed by atoms with E-state index in [1.54, 1.807) is 39.8 Å². The molecule has 0 radical (unpaired) electrons. The summed E-state index contributed by atoms with van der Waals surface area (Å²) in [4.78, 5) is 38.6. The molecule has 1 amide bonds. The van der Waals surface area contributed by atoms with Gasteiger partial charge in [-0.05, 0) is 85.0 Å². The zero-order valence-electron chi connectivity index (χ0n) is 20.2. The summed E-state index contributed by atoms with van der Waals surface area (Å²) in [7, 11) is -4.53. The van der Waals surface area contributed by atoms with Crippen molar-refractivity contribution in [1.29, 1.82) is 0 Å². The molecule has 0 bridgehead atoms. The van der Waals surface area contributed by atoms with Crippen LogP contribution in [0.15, 0.2) is 29.2 Å². The number of benzene rings is 1. The number of rotatable bonds is 9. The molecule has 0 aliphatic carbocycles. The van der Waals surface area contributed by atoms with Crippen LogP contribution in [0.5, 0.6) is 0 Å². The van der Waals surface area contributed by atoms with E-state index in [1.165, 1.54) is 12.1 Å². The number of hydrogen-bond acceptors (Lipinski definition) is 9. The first-order valence-corrected chi connectivity index (χ1v) is 12.8. The third-order valence-electron chi connectivity index (χ3n) is 5.18. The lowest BCUT2D eigenvalue weighted by Gasteiger charge is -2.31. The SMILES string of the molecule is Cc1ccc(S(=O)(=O)N(C(=O)OC(C)(C)C)[C@@H](CCCCN)C(=O)OC(=O)[C@@H]2CCCN2)cc1. The average molecular weight is 498 g/mol. The summed E-state index contributed by atoms with van der Waals surface area (Å²) in [6.45, 7) is 7.46. The molecule has 0 spiro atoms. The average Bonchev–Trinajstić information content (AvgIpc) is 3.27. The molecule has 0 saturated carbocycles. The number of nitrogens with one attached hydrogen (secondary N) is 1. The molecule has 190 valence electrons. The zero-order valence-corrected chi connectivity index (χ0v) is 21.0. The van der Waals surface area contributed by atoms with Crippen LogP contribution < -0.4 is 11.1 Å². The van der Waals surface area contributed by atoms with Gasteiger partial charge in [-0.1, -0.05) is 17.7 Å². The molecule has 10 nitrogen and oxygen atoms in total. The molecule has 1 aromatic rings. The molecule has 34 heavy (non-hydrogen) atoms. The molecule has 1 fully saturated rings. The Morgan fingerprint density at radius 1 is 1.18 bits per heavy atom. The fourth-order valence-corrected chi connectivity index (χ4v) is 4.93. The molecule has 2 rings (SSSR count). The van der Waals surface area contributed by atoms with Gasteiger partial charge in [0.25, 0.3) is 10.0 Å². The third kappa shape index (κ3) is 7.51. The fourth-order valence-electron chi connectivity index (χ4n) is 3.46. The lowest BCUT2D eigenvalue weighted by molar-refractivity contribution is -0.163. The van der Waals surface area contributed by atoms with Gasteiger partial charge in [0, 0.05) is 0 Å². The van der Waals surface area contributed by atoms with Crippen LogP contribution in [0.25, 0.3) is 0 Å². The number of nitrogens with two attached hydrogens (primary N) is 1. The van der Waals surface area contributed by atoms with Gasteiger partial charge >= 0.3 is 18.0 Å². The Labute approximate surface area is 201 Å². The van der Waals surface area contributed by atoms with Gasteiger partial charge in [0.2, 0.25) is 0 Å². The highest BCUT2D eigenvalue weighted by Gasteiger charge is 2.43. The van der Waals surface area contributed by atoms with Crippen molar-refractivity contribution in [3.8, 4) is 0 Å². The first-order valence-electron chi connectivity index (χ1n) is 11.4. The minimum absolute atomic E-state index is 0.0776. The molecule has 1 saturated heterocycles. The van der Waals surface area contributed by atoms with Gasteiger partial charge in [0.05, 0.1) is 4.90 Å². The normalized spacial score (nSPS) is 17.1. The second-order valence-corrected chi connectivity index (χ2v) is 11.1. The number of unbranched alkanes of at least 4 members (excludes halogenated alkanes) is 1. The minimum atomic E-state index is -4.53. The van der Waals surface area contributed by atoms with Crippen LogP contribution in [-0.4, -0.2) is 61.5 Å². The van der Waals surface area contributed by atoms with Crippen molar-refractivity contribution < 1.29 is 32.3 Å². The van der Waals surface area contributed by atoms with E-state index in [2.05, 4.69) is 5.32 Å². The predicted molar refractivity (Wildman–Crippen MR) is 125 cm³/mol. The van der Waals surface area contributed by atoms with E-state index in [0.29, 0.717) is 36.7 Å². The molecule has 11 heteroatoms. The Morgan fingerprint density at radius 2 is 1.82 bits per heavy atom. The second kappa shape index (κ2) is 11.8. The number of aryl methyl sites for hydroxylation is 1. The Bertz CT molecular complexity index is 965. The largest absolute Gasteiger partial charge is 0.443 e. The van der Waals surface area contributed by atoms with Crippen molar-refractivity contribution in [2.24, 2.45) is 5.73 Å². The molecular weight excluding hydrogens is 462 g/mol. The van der Waals surface area contributed by atoms with Crippen LogP contribution in [0.2, 0.25) is 0 Å². The van der Waals surface area contributed by atoms with E-state index in [4.69, 9.17) is 15.2 Å². The summed E-state index contributed by atoms with van der Waals surface area (Å²) in [5.74, 6) is -1.93. The van der Waals surface area contributed by atoms with E-state index < -0.39 is 45.7 Å². The van der Waals surface area contributed by atoms with Crippen molar-refractivity contribution in [2.75, 3.05) is 13.1 Å². The van der Waals surface area contributed by atoms with E-state index in [0.717, 1.165) is 12.0 Å². The van der Waals surface area contributed by atoms with Crippen LogP contribution in [0.3, 0.4) is 0 Å². The molecular formula is C23H35N3O7S. The van der Waals surface area contributed by atoms with Crippen LogP contribution in [0, 0.1) is 6.92 Å².